The predicted octanol–water partition coefficient (Wildman–Crippen LogP) is 3.65. The molecule has 9 nitrogen and oxygen atoms in total. The third-order valence-electron chi connectivity index (χ3n) is 6.14. The number of fused-ring (bicyclic) bond motifs is 1. The van der Waals surface area contributed by atoms with Gasteiger partial charge in [-0.25, -0.2) is 18.4 Å². The Bertz CT molecular complexity index is 1350. The third kappa shape index (κ3) is 5.18. The molecule has 13 heteroatoms. The number of morpholine rings is 1. The van der Waals surface area contributed by atoms with Gasteiger partial charge >= 0.3 is 6.18 Å². The van der Waals surface area contributed by atoms with Crippen molar-refractivity contribution >= 4 is 27.3 Å². The van der Waals surface area contributed by atoms with Crippen LogP contribution < -0.4 is 10.2 Å². The lowest BCUT2D eigenvalue weighted by Crippen LogP contribution is -2.36. The molecule has 2 aliphatic rings. The van der Waals surface area contributed by atoms with Crippen LogP contribution in [0, 0.1) is 0 Å². The Morgan fingerprint density at radius 1 is 1.08 bits per heavy atom. The van der Waals surface area contributed by atoms with Gasteiger partial charge in [0.15, 0.2) is 5.76 Å². The predicted molar refractivity (Wildman–Crippen MR) is 126 cm³/mol. The van der Waals surface area contributed by atoms with Crippen LogP contribution >= 0.6 is 0 Å². The Kier molecular flexibility index (Phi) is 6.39. The molecule has 0 amide bonds. The summed E-state index contributed by atoms with van der Waals surface area (Å²) in [4.78, 5) is 10.2. The van der Waals surface area contributed by atoms with Gasteiger partial charge in [0.2, 0.25) is 16.0 Å². The Morgan fingerprint density at radius 3 is 2.47 bits per heavy atom. The Balaban J connectivity index is 1.42. The number of aromatic nitrogens is 2. The summed E-state index contributed by atoms with van der Waals surface area (Å²) in [6.45, 7) is 3.07. The first kappa shape index (κ1) is 24.5. The fourth-order valence-electron chi connectivity index (χ4n) is 4.24. The molecule has 0 unspecified atom stereocenters. The van der Waals surface area contributed by atoms with Crippen LogP contribution in [0.5, 0.6) is 0 Å². The second-order valence-corrected chi connectivity index (χ2v) is 10.6. The largest absolute Gasteiger partial charge is 0.458 e. The molecule has 2 aliphatic heterocycles. The molecule has 0 bridgehead atoms. The van der Waals surface area contributed by atoms with Crippen LogP contribution in [0.25, 0.3) is 11.5 Å². The third-order valence-corrected chi connectivity index (χ3v) is 7.39. The highest BCUT2D eigenvalue weighted by atomic mass is 32.2. The molecule has 1 saturated heterocycles. The number of furan rings is 1. The van der Waals surface area contributed by atoms with E-state index in [4.69, 9.17) is 9.15 Å². The van der Waals surface area contributed by atoms with Crippen LogP contribution in [0.4, 0.5) is 30.5 Å². The lowest BCUT2D eigenvalue weighted by atomic mass is 10.1. The van der Waals surface area contributed by atoms with Gasteiger partial charge in [0, 0.05) is 37.2 Å². The van der Waals surface area contributed by atoms with Crippen LogP contribution in [0.1, 0.15) is 16.9 Å². The maximum atomic E-state index is 13.8. The molecule has 5 rings (SSSR count). The van der Waals surface area contributed by atoms with Crippen molar-refractivity contribution in [3.63, 3.8) is 0 Å². The number of halogens is 3. The van der Waals surface area contributed by atoms with Gasteiger partial charge < -0.3 is 19.4 Å². The summed E-state index contributed by atoms with van der Waals surface area (Å²) in [7, 11) is -3.46. The number of nitrogens with one attached hydrogen (secondary N) is 1. The molecule has 2 aromatic heterocycles. The van der Waals surface area contributed by atoms with E-state index < -0.39 is 27.5 Å². The van der Waals surface area contributed by atoms with E-state index in [2.05, 4.69) is 20.2 Å². The summed E-state index contributed by atoms with van der Waals surface area (Å²) in [6, 6.07) is 8.92. The van der Waals surface area contributed by atoms with Gasteiger partial charge in [0.25, 0.3) is 0 Å². The second-order valence-electron chi connectivity index (χ2n) is 8.63. The van der Waals surface area contributed by atoms with E-state index in [9.17, 15) is 21.6 Å². The molecule has 0 atom stereocenters. The van der Waals surface area contributed by atoms with E-state index in [0.717, 1.165) is 31.2 Å². The Hall–Kier alpha value is -3.16. The average Bonchev–Trinajstić information content (AvgIpc) is 3.27. The summed E-state index contributed by atoms with van der Waals surface area (Å²) < 4.78 is 77.4. The van der Waals surface area contributed by atoms with Crippen molar-refractivity contribution in [3.05, 3.63) is 53.4 Å². The molecule has 1 fully saturated rings. The second kappa shape index (κ2) is 9.37. The molecule has 36 heavy (non-hydrogen) atoms. The van der Waals surface area contributed by atoms with E-state index in [1.807, 2.05) is 12.1 Å². The smallest absolute Gasteiger partial charge is 0.420 e. The minimum Gasteiger partial charge on any atom is -0.458 e. The number of ether oxygens (including phenoxy) is 1. The fraction of sp³-hybridized carbons (Fsp3) is 0.391. The van der Waals surface area contributed by atoms with Gasteiger partial charge in [-0.15, -0.1) is 0 Å². The van der Waals surface area contributed by atoms with E-state index in [1.54, 1.807) is 12.1 Å². The lowest BCUT2D eigenvalue weighted by molar-refractivity contribution is -0.137. The van der Waals surface area contributed by atoms with E-state index in [-0.39, 0.29) is 24.8 Å². The number of benzene rings is 1. The topological polar surface area (TPSA) is 101 Å². The molecule has 192 valence electrons. The quantitative estimate of drug-likeness (QED) is 0.541. The van der Waals surface area contributed by atoms with Crippen molar-refractivity contribution in [2.45, 2.75) is 19.1 Å². The summed E-state index contributed by atoms with van der Waals surface area (Å²) >= 11 is 0. The molecule has 4 heterocycles. The number of anilines is 3. The minimum absolute atomic E-state index is 0.0238. The van der Waals surface area contributed by atoms with Gasteiger partial charge in [0.1, 0.15) is 17.0 Å². The molecule has 1 N–H and O–H groups in total. The molecule has 1 aromatic carbocycles. The molecular formula is C23H24F3N5O4S. The molecule has 0 saturated carbocycles. The SMILES string of the molecule is CS(=O)(=O)N1CCc2cc(-c3nc(Nc4ccc(N5CCOCC5)cc4)ncc3C(F)(F)F)oc2C1. The summed E-state index contributed by atoms with van der Waals surface area (Å²) in [6.07, 6.45) is -2.57. The monoisotopic (exact) mass is 523 g/mol. The summed E-state index contributed by atoms with van der Waals surface area (Å²) in [5, 5.41) is 2.95. The van der Waals surface area contributed by atoms with Crippen molar-refractivity contribution < 1.29 is 30.7 Å². The van der Waals surface area contributed by atoms with Crippen LogP contribution in [0.2, 0.25) is 0 Å². The maximum Gasteiger partial charge on any atom is 0.420 e. The zero-order valence-electron chi connectivity index (χ0n) is 19.4. The van der Waals surface area contributed by atoms with Crippen molar-refractivity contribution in [2.75, 3.05) is 49.3 Å². The first-order chi connectivity index (χ1) is 17.1. The van der Waals surface area contributed by atoms with Gasteiger partial charge in [-0.2, -0.15) is 17.5 Å². The Morgan fingerprint density at radius 2 is 1.81 bits per heavy atom. The van der Waals surface area contributed by atoms with Crippen molar-refractivity contribution in [3.8, 4) is 11.5 Å². The van der Waals surface area contributed by atoms with E-state index in [0.29, 0.717) is 36.6 Å². The zero-order chi connectivity index (χ0) is 25.5. The number of rotatable bonds is 5. The first-order valence-electron chi connectivity index (χ1n) is 11.3. The van der Waals surface area contributed by atoms with Crippen molar-refractivity contribution in [2.24, 2.45) is 0 Å². The van der Waals surface area contributed by atoms with Gasteiger partial charge in [-0.1, -0.05) is 0 Å². The first-order valence-corrected chi connectivity index (χ1v) is 13.1. The molecule has 3 aromatic rings. The highest BCUT2D eigenvalue weighted by molar-refractivity contribution is 7.88. The number of hydrogen-bond donors (Lipinski definition) is 1. The van der Waals surface area contributed by atoms with E-state index in [1.165, 1.54) is 10.4 Å². The van der Waals surface area contributed by atoms with Crippen molar-refractivity contribution in [1.82, 2.24) is 14.3 Å². The minimum atomic E-state index is -4.71. The standard InChI is InChI=1S/C23H24F3N5O4S/c1-36(32,33)31-7-6-15-12-19(35-20(15)14-31)21-18(23(24,25)26)13-27-22(29-21)28-16-2-4-17(5-3-16)30-8-10-34-11-9-30/h2-5,12-13H,6-11,14H2,1H3,(H,27,28,29). The van der Waals surface area contributed by atoms with Gasteiger partial charge in [-0.05, 0) is 42.3 Å². The van der Waals surface area contributed by atoms with E-state index >= 15 is 0 Å². The zero-order valence-corrected chi connectivity index (χ0v) is 20.2. The number of hydrogen-bond acceptors (Lipinski definition) is 8. The lowest BCUT2D eigenvalue weighted by Gasteiger charge is -2.28. The summed E-state index contributed by atoms with van der Waals surface area (Å²) in [5.41, 5.74) is 0.833. The molecule has 0 spiro atoms. The van der Waals surface area contributed by atoms with Crippen LogP contribution in [0.3, 0.4) is 0 Å². The van der Waals surface area contributed by atoms with Crippen LogP contribution in [0.15, 0.2) is 40.9 Å². The number of nitrogens with zero attached hydrogens (tertiary/aromatic N) is 4. The number of sulfonamides is 1. The normalized spacial score (nSPS) is 17.2. The highest BCUT2D eigenvalue weighted by Gasteiger charge is 2.37. The molecule has 0 aliphatic carbocycles. The molecular weight excluding hydrogens is 499 g/mol. The maximum absolute atomic E-state index is 13.8. The van der Waals surface area contributed by atoms with Gasteiger partial charge in [0.05, 0.1) is 26.0 Å². The van der Waals surface area contributed by atoms with Crippen LogP contribution in [-0.4, -0.2) is 61.8 Å². The molecule has 0 radical (unpaired) electrons. The fourth-order valence-corrected chi connectivity index (χ4v) is 5.01. The van der Waals surface area contributed by atoms with Crippen molar-refractivity contribution in [1.29, 1.82) is 0 Å². The van der Waals surface area contributed by atoms with Crippen LogP contribution in [-0.2, 0) is 33.9 Å². The van der Waals surface area contributed by atoms with Gasteiger partial charge in [-0.3, -0.25) is 0 Å². The Labute approximate surface area is 205 Å². The highest BCUT2D eigenvalue weighted by Crippen LogP contribution is 2.38. The number of alkyl halides is 3. The summed E-state index contributed by atoms with van der Waals surface area (Å²) in [5.74, 6) is 0.196. The average molecular weight is 524 g/mol.